The number of hydrogen-bond acceptors (Lipinski definition) is 9. The second-order valence-corrected chi connectivity index (χ2v) is 9.55. The number of thiophene rings is 1. The molecule has 0 aromatic carbocycles. The average Bonchev–Trinajstić information content (AvgIpc) is 3.36. The van der Waals surface area contributed by atoms with Crippen LogP contribution in [0.1, 0.15) is 16.8 Å². The molecule has 2 aromatic rings. The summed E-state index contributed by atoms with van der Waals surface area (Å²) in [6, 6.07) is 2.91. The summed E-state index contributed by atoms with van der Waals surface area (Å²) in [6.45, 7) is 1.33. The number of fused-ring (bicyclic) bond motifs is 1. The molecule has 10 nitrogen and oxygen atoms in total. The number of aromatic nitrogens is 2. The van der Waals surface area contributed by atoms with Gasteiger partial charge in [-0.25, -0.2) is 4.79 Å². The fourth-order valence-corrected chi connectivity index (χ4v) is 6.10. The molecule has 0 saturated carbocycles. The number of rotatable bonds is 6. The molecule has 0 aliphatic carbocycles. The van der Waals surface area contributed by atoms with Crippen LogP contribution in [-0.2, 0) is 25.6 Å². The summed E-state index contributed by atoms with van der Waals surface area (Å²) in [5, 5.41) is 24.7. The average molecular weight is 490 g/mol. The molecule has 1 fully saturated rings. The van der Waals surface area contributed by atoms with E-state index in [1.807, 2.05) is 17.5 Å². The molecule has 158 valence electrons. The summed E-state index contributed by atoms with van der Waals surface area (Å²) in [5.74, 6) is -2.06. The van der Waals surface area contributed by atoms with Gasteiger partial charge in [-0.05, 0) is 11.4 Å². The minimum atomic E-state index is -1.26. The first kappa shape index (κ1) is 23.9. The third kappa shape index (κ3) is 4.86. The van der Waals surface area contributed by atoms with Gasteiger partial charge in [0.1, 0.15) is 22.1 Å². The molecule has 0 spiro atoms. The van der Waals surface area contributed by atoms with Crippen LogP contribution in [0.25, 0.3) is 5.57 Å². The summed E-state index contributed by atoms with van der Waals surface area (Å²) in [4.78, 5) is 50.1. The van der Waals surface area contributed by atoms with E-state index in [9.17, 15) is 24.3 Å². The second kappa shape index (κ2) is 9.79. The number of aliphatic carboxylic acids is 1. The summed E-state index contributed by atoms with van der Waals surface area (Å²) in [7, 11) is 0. The summed E-state index contributed by atoms with van der Waals surface area (Å²) in [5.41, 5.74) is 0.188. The Bertz CT molecular complexity index is 1070. The molecular formula is C17H16N5NaO5S3. The Morgan fingerprint density at radius 2 is 2.10 bits per heavy atom. The number of nitrogens with zero attached hydrogens (tertiary/aromatic N) is 3. The van der Waals surface area contributed by atoms with E-state index in [1.165, 1.54) is 34.9 Å². The Labute approximate surface area is 210 Å². The van der Waals surface area contributed by atoms with Crippen LogP contribution in [0.4, 0.5) is 5.13 Å². The zero-order valence-electron chi connectivity index (χ0n) is 15.4. The van der Waals surface area contributed by atoms with E-state index in [-0.39, 0.29) is 64.4 Å². The van der Waals surface area contributed by atoms with E-state index >= 15 is 0 Å². The third-order valence-corrected chi connectivity index (χ3v) is 7.42. The Kier molecular flexibility index (Phi) is 7.55. The summed E-state index contributed by atoms with van der Waals surface area (Å²) < 4.78 is 0. The van der Waals surface area contributed by atoms with Crippen molar-refractivity contribution in [3.63, 3.8) is 0 Å². The van der Waals surface area contributed by atoms with Crippen LogP contribution in [0, 0.1) is 0 Å². The zero-order chi connectivity index (χ0) is 21.4. The zero-order valence-corrected chi connectivity index (χ0v) is 17.9. The first-order chi connectivity index (χ1) is 14.3. The second-order valence-electron chi connectivity index (χ2n) is 6.44. The maximum absolute atomic E-state index is 12.7. The standard InChI is InChI=1S/C17H15N5O5S3.Na.H/c1-7(23)18-17-21-20-13(30-17)9-6-29-15-11(14(25)22(15)12(9)16(26)27)19-10(24)5-8-3-2-4-28-8;;/h2-4,11,15H,5-6H2,1H3,(H,19,24)(H,26,27)(H,18,21,23);;/t11?,15-;;/m1../s1. The van der Waals surface area contributed by atoms with Gasteiger partial charge in [0.2, 0.25) is 16.9 Å². The monoisotopic (exact) mass is 489 g/mol. The van der Waals surface area contributed by atoms with Gasteiger partial charge in [0.15, 0.2) is 0 Å². The fourth-order valence-electron chi connectivity index (χ4n) is 3.13. The molecule has 4 rings (SSSR count). The number of carbonyl (C=O) groups is 4. The van der Waals surface area contributed by atoms with Crippen molar-refractivity contribution >= 4 is 98.4 Å². The molecule has 3 amide bonds. The fraction of sp³-hybridized carbons (Fsp3) is 0.294. The van der Waals surface area contributed by atoms with Crippen molar-refractivity contribution in [1.29, 1.82) is 0 Å². The van der Waals surface area contributed by atoms with Crippen LogP contribution in [-0.4, -0.2) is 90.6 Å². The van der Waals surface area contributed by atoms with E-state index < -0.39 is 23.3 Å². The van der Waals surface area contributed by atoms with E-state index in [2.05, 4.69) is 20.8 Å². The van der Waals surface area contributed by atoms with Crippen LogP contribution in [0.3, 0.4) is 0 Å². The normalized spacial score (nSPS) is 19.8. The van der Waals surface area contributed by atoms with Crippen molar-refractivity contribution in [2.75, 3.05) is 11.1 Å². The van der Waals surface area contributed by atoms with E-state index in [0.29, 0.717) is 10.6 Å². The number of anilines is 1. The topological polar surface area (TPSA) is 142 Å². The molecular weight excluding hydrogens is 473 g/mol. The number of hydrogen-bond donors (Lipinski definition) is 3. The van der Waals surface area contributed by atoms with Crippen LogP contribution in [0.2, 0.25) is 0 Å². The molecule has 1 unspecified atom stereocenters. The molecule has 2 aromatic heterocycles. The van der Waals surface area contributed by atoms with E-state index in [1.54, 1.807) is 0 Å². The quantitative estimate of drug-likeness (QED) is 0.390. The molecule has 0 radical (unpaired) electrons. The summed E-state index contributed by atoms with van der Waals surface area (Å²) in [6.07, 6.45) is 0.169. The molecule has 31 heavy (non-hydrogen) atoms. The molecule has 4 heterocycles. The molecule has 2 atom stereocenters. The van der Waals surface area contributed by atoms with E-state index in [4.69, 9.17) is 0 Å². The Balaban J connectivity index is 0.00000272. The van der Waals surface area contributed by atoms with Gasteiger partial charge in [-0.3, -0.25) is 19.3 Å². The number of amides is 3. The van der Waals surface area contributed by atoms with Gasteiger partial charge < -0.3 is 15.7 Å². The molecule has 2 aliphatic heterocycles. The summed E-state index contributed by atoms with van der Waals surface area (Å²) >= 11 is 3.83. The van der Waals surface area contributed by atoms with Crippen molar-refractivity contribution in [2.45, 2.75) is 24.8 Å². The number of β-lactam (4-membered cyclic amide) rings is 1. The third-order valence-electron chi connectivity index (χ3n) is 4.37. The molecule has 14 heteroatoms. The molecule has 0 bridgehead atoms. The van der Waals surface area contributed by atoms with Gasteiger partial charge in [-0.1, -0.05) is 17.4 Å². The van der Waals surface area contributed by atoms with Gasteiger partial charge in [-0.2, -0.15) is 0 Å². The number of thioether (sulfide) groups is 1. The number of carboxylic acids is 1. The predicted octanol–water partition coefficient (Wildman–Crippen LogP) is 0.348. The minimum absolute atomic E-state index is 0. The SMILES string of the molecule is CC(=O)Nc1nnc(C2=C(C(=O)O)N3C(=O)C(NC(=O)Cc4cccs4)[C@H]3SC2)s1.[NaH]. The first-order valence-electron chi connectivity index (χ1n) is 8.69. The molecule has 3 N–H and O–H groups in total. The van der Waals surface area contributed by atoms with Gasteiger partial charge in [-0.15, -0.1) is 33.3 Å². The van der Waals surface area contributed by atoms with Crippen molar-refractivity contribution < 1.29 is 24.3 Å². The Hall–Kier alpha value is -1.77. The Morgan fingerprint density at radius 3 is 2.74 bits per heavy atom. The van der Waals surface area contributed by atoms with Crippen LogP contribution >= 0.6 is 34.4 Å². The van der Waals surface area contributed by atoms with Crippen molar-refractivity contribution in [2.24, 2.45) is 0 Å². The van der Waals surface area contributed by atoms with Gasteiger partial charge in [0.05, 0.1) is 6.42 Å². The van der Waals surface area contributed by atoms with Crippen LogP contribution < -0.4 is 10.6 Å². The maximum atomic E-state index is 12.7. The van der Waals surface area contributed by atoms with Gasteiger partial charge in [0.25, 0.3) is 5.91 Å². The predicted molar refractivity (Wildman–Crippen MR) is 119 cm³/mol. The van der Waals surface area contributed by atoms with Crippen molar-refractivity contribution in [1.82, 2.24) is 20.4 Å². The number of carboxylic acid groups (broad SMARTS) is 1. The van der Waals surface area contributed by atoms with E-state index in [0.717, 1.165) is 16.2 Å². The number of nitrogens with one attached hydrogen (secondary N) is 2. The van der Waals surface area contributed by atoms with Crippen LogP contribution in [0.5, 0.6) is 0 Å². The van der Waals surface area contributed by atoms with Gasteiger partial charge in [0, 0.05) is 23.1 Å². The van der Waals surface area contributed by atoms with Crippen molar-refractivity contribution in [3.8, 4) is 0 Å². The first-order valence-corrected chi connectivity index (χ1v) is 11.4. The van der Waals surface area contributed by atoms with Gasteiger partial charge >= 0.3 is 35.5 Å². The number of carbonyl (C=O) groups excluding carboxylic acids is 3. The van der Waals surface area contributed by atoms with Crippen molar-refractivity contribution in [3.05, 3.63) is 33.1 Å². The Morgan fingerprint density at radius 1 is 1.32 bits per heavy atom. The van der Waals surface area contributed by atoms with Crippen LogP contribution in [0.15, 0.2) is 23.2 Å². The molecule has 2 aliphatic rings. The molecule has 1 saturated heterocycles.